The Morgan fingerprint density at radius 2 is 1.79 bits per heavy atom. The van der Waals surface area contributed by atoms with Gasteiger partial charge in [-0.15, -0.1) is 0 Å². The van der Waals surface area contributed by atoms with Gasteiger partial charge in [-0.3, -0.25) is 4.79 Å². The first-order valence-electron chi connectivity index (χ1n) is 9.46. The number of rotatable bonds is 2. The number of carbonyl (C=O) groups is 1. The van der Waals surface area contributed by atoms with Crippen LogP contribution in [0.4, 0.5) is 10.2 Å². The van der Waals surface area contributed by atoms with E-state index in [-0.39, 0.29) is 17.3 Å². The first-order chi connectivity index (χ1) is 13.3. The molecule has 0 saturated carbocycles. The van der Waals surface area contributed by atoms with Gasteiger partial charge in [-0.05, 0) is 51.8 Å². The van der Waals surface area contributed by atoms with Crippen LogP contribution >= 0.6 is 0 Å². The minimum absolute atomic E-state index is 0.136. The number of amides is 1. The topological polar surface area (TPSA) is 62.5 Å². The van der Waals surface area contributed by atoms with Gasteiger partial charge in [0.15, 0.2) is 5.65 Å². The number of hydrogen-bond donors (Lipinski definition) is 1. The molecule has 1 amide bonds. The maximum Gasteiger partial charge on any atom is 0.257 e. The number of anilines is 1. The molecule has 0 aliphatic carbocycles. The minimum Gasteiger partial charge on any atom is -0.357 e. The Bertz CT molecular complexity index is 927. The highest BCUT2D eigenvalue weighted by Crippen LogP contribution is 2.19. The molecule has 3 aromatic rings. The average Bonchev–Trinajstić information content (AvgIpc) is 3.31. The summed E-state index contributed by atoms with van der Waals surface area (Å²) in [6.07, 6.45) is 5.84. The van der Waals surface area contributed by atoms with E-state index in [9.17, 15) is 9.18 Å². The van der Waals surface area contributed by atoms with Gasteiger partial charge in [0.05, 0.1) is 6.20 Å². The summed E-state index contributed by atoms with van der Waals surface area (Å²) in [4.78, 5) is 19.2. The van der Waals surface area contributed by atoms with Crippen LogP contribution in [0, 0.1) is 5.82 Å². The summed E-state index contributed by atoms with van der Waals surface area (Å²) in [6, 6.07) is 9.89. The lowest BCUT2D eigenvalue weighted by molar-refractivity contribution is 0.0921. The Hall–Kier alpha value is -2.96. The number of benzene rings is 1. The van der Waals surface area contributed by atoms with E-state index in [1.165, 1.54) is 25.0 Å². The van der Waals surface area contributed by atoms with Crippen LogP contribution in [0.15, 0.2) is 48.8 Å². The molecule has 4 rings (SSSR count). The van der Waals surface area contributed by atoms with E-state index in [0.717, 1.165) is 18.9 Å². The average molecular weight is 383 g/mol. The zero-order valence-electron chi connectivity index (χ0n) is 16.5. The molecule has 1 saturated heterocycles. The Morgan fingerprint density at radius 3 is 2.36 bits per heavy atom. The van der Waals surface area contributed by atoms with Crippen LogP contribution in [0.5, 0.6) is 0 Å². The predicted octanol–water partition coefficient (Wildman–Crippen LogP) is 3.68. The summed E-state index contributed by atoms with van der Waals surface area (Å²) in [6.45, 7) is 7.93. The summed E-state index contributed by atoms with van der Waals surface area (Å²) in [5, 5.41) is 7.17. The van der Waals surface area contributed by atoms with Gasteiger partial charge < -0.3 is 10.2 Å². The SMILES string of the molecule is CC(C)(C)NC(=O)c1cnn2ccc(N3CCCC3)nc12.Fc1ccccc1. The van der Waals surface area contributed by atoms with Crippen molar-refractivity contribution in [1.82, 2.24) is 19.9 Å². The van der Waals surface area contributed by atoms with E-state index in [2.05, 4.69) is 20.3 Å². The van der Waals surface area contributed by atoms with E-state index in [1.807, 2.05) is 33.0 Å². The second kappa shape index (κ2) is 8.37. The molecular weight excluding hydrogens is 357 g/mol. The van der Waals surface area contributed by atoms with Crippen molar-refractivity contribution in [2.75, 3.05) is 18.0 Å². The molecule has 1 aromatic carbocycles. The lowest BCUT2D eigenvalue weighted by atomic mass is 10.1. The third-order valence-corrected chi connectivity index (χ3v) is 4.25. The maximum absolute atomic E-state index is 12.3. The molecule has 148 valence electrons. The summed E-state index contributed by atoms with van der Waals surface area (Å²) in [7, 11) is 0. The molecule has 2 aromatic heterocycles. The molecule has 1 fully saturated rings. The van der Waals surface area contributed by atoms with Gasteiger partial charge >= 0.3 is 0 Å². The maximum atomic E-state index is 12.3. The zero-order chi connectivity index (χ0) is 20.1. The van der Waals surface area contributed by atoms with Crippen LogP contribution in [-0.4, -0.2) is 39.1 Å². The van der Waals surface area contributed by atoms with E-state index in [4.69, 9.17) is 0 Å². The third kappa shape index (κ3) is 5.06. The number of aromatic nitrogens is 3. The highest BCUT2D eigenvalue weighted by molar-refractivity contribution is 6.00. The summed E-state index contributed by atoms with van der Waals surface area (Å²) in [5.74, 6) is 0.608. The number of nitrogens with one attached hydrogen (secondary N) is 1. The molecule has 3 heterocycles. The predicted molar refractivity (Wildman–Crippen MR) is 108 cm³/mol. The highest BCUT2D eigenvalue weighted by Gasteiger charge is 2.21. The second-order valence-electron chi connectivity index (χ2n) is 7.81. The van der Waals surface area contributed by atoms with Crippen molar-refractivity contribution in [1.29, 1.82) is 0 Å². The Morgan fingerprint density at radius 1 is 1.11 bits per heavy atom. The Labute approximate surface area is 164 Å². The van der Waals surface area contributed by atoms with Gasteiger partial charge in [-0.2, -0.15) is 5.10 Å². The van der Waals surface area contributed by atoms with E-state index < -0.39 is 0 Å². The molecule has 0 atom stereocenters. The quantitative estimate of drug-likeness (QED) is 0.733. The molecule has 6 nitrogen and oxygen atoms in total. The molecule has 28 heavy (non-hydrogen) atoms. The first-order valence-corrected chi connectivity index (χ1v) is 9.46. The number of hydrogen-bond acceptors (Lipinski definition) is 4. The fourth-order valence-electron chi connectivity index (χ4n) is 2.96. The summed E-state index contributed by atoms with van der Waals surface area (Å²) >= 11 is 0. The smallest absolute Gasteiger partial charge is 0.257 e. The van der Waals surface area contributed by atoms with Crippen molar-refractivity contribution in [3.8, 4) is 0 Å². The van der Waals surface area contributed by atoms with Crippen LogP contribution in [-0.2, 0) is 0 Å². The lowest BCUT2D eigenvalue weighted by Crippen LogP contribution is -2.40. The molecule has 0 unspecified atom stereocenters. The normalized spacial score (nSPS) is 13.9. The van der Waals surface area contributed by atoms with Gasteiger partial charge in [0.25, 0.3) is 5.91 Å². The monoisotopic (exact) mass is 383 g/mol. The van der Waals surface area contributed by atoms with E-state index in [1.54, 1.807) is 28.9 Å². The van der Waals surface area contributed by atoms with Crippen LogP contribution in [0.1, 0.15) is 44.0 Å². The number of carbonyl (C=O) groups excluding carboxylic acids is 1. The van der Waals surface area contributed by atoms with Crippen LogP contribution < -0.4 is 10.2 Å². The van der Waals surface area contributed by atoms with Gasteiger partial charge in [0.1, 0.15) is 17.2 Å². The fourth-order valence-corrected chi connectivity index (χ4v) is 2.96. The van der Waals surface area contributed by atoms with Gasteiger partial charge in [0, 0.05) is 24.8 Å². The van der Waals surface area contributed by atoms with E-state index in [0.29, 0.717) is 11.2 Å². The minimum atomic E-state index is -0.280. The van der Waals surface area contributed by atoms with Crippen molar-refractivity contribution >= 4 is 17.4 Å². The summed E-state index contributed by atoms with van der Waals surface area (Å²) in [5.41, 5.74) is 0.852. The van der Waals surface area contributed by atoms with Crippen molar-refractivity contribution in [2.24, 2.45) is 0 Å². The highest BCUT2D eigenvalue weighted by atomic mass is 19.1. The molecule has 7 heteroatoms. The van der Waals surface area contributed by atoms with Gasteiger partial charge in [-0.25, -0.2) is 13.9 Å². The number of nitrogens with zero attached hydrogens (tertiary/aromatic N) is 4. The van der Waals surface area contributed by atoms with Gasteiger partial charge in [-0.1, -0.05) is 18.2 Å². The third-order valence-electron chi connectivity index (χ3n) is 4.25. The standard InChI is InChI=1S/C15H21N5O.C6H5F/c1-15(2,3)18-14(21)11-10-16-20-9-6-12(17-13(11)20)19-7-4-5-8-19;7-6-4-2-1-3-5-6/h6,9-10H,4-5,7-8H2,1-3H3,(H,18,21);1-5H. The lowest BCUT2D eigenvalue weighted by Gasteiger charge is -2.20. The summed E-state index contributed by atoms with van der Waals surface area (Å²) < 4.78 is 13.6. The molecule has 1 aliphatic heterocycles. The zero-order valence-corrected chi connectivity index (χ0v) is 16.5. The second-order valence-corrected chi connectivity index (χ2v) is 7.81. The van der Waals surface area contributed by atoms with Crippen LogP contribution in [0.25, 0.3) is 5.65 Å². The van der Waals surface area contributed by atoms with Crippen LogP contribution in [0.3, 0.4) is 0 Å². The molecule has 1 aliphatic rings. The fraction of sp³-hybridized carbons (Fsp3) is 0.381. The van der Waals surface area contributed by atoms with Crippen LogP contribution in [0.2, 0.25) is 0 Å². The Balaban J connectivity index is 0.000000271. The molecular formula is C21H26FN5O. The number of halogens is 1. The molecule has 1 N–H and O–H groups in total. The van der Waals surface area contributed by atoms with E-state index >= 15 is 0 Å². The van der Waals surface area contributed by atoms with Crippen molar-refractivity contribution in [3.63, 3.8) is 0 Å². The van der Waals surface area contributed by atoms with Crippen molar-refractivity contribution in [2.45, 2.75) is 39.2 Å². The molecule has 0 radical (unpaired) electrons. The van der Waals surface area contributed by atoms with Crippen molar-refractivity contribution < 1.29 is 9.18 Å². The van der Waals surface area contributed by atoms with Crippen molar-refractivity contribution in [3.05, 3.63) is 60.2 Å². The molecule has 0 spiro atoms. The largest absolute Gasteiger partial charge is 0.357 e. The van der Waals surface area contributed by atoms with Gasteiger partial charge in [0.2, 0.25) is 0 Å². The molecule has 0 bridgehead atoms. The Kier molecular flexibility index (Phi) is 5.92. The number of fused-ring (bicyclic) bond motifs is 1. The first kappa shape index (κ1) is 19.8.